The van der Waals surface area contributed by atoms with Crippen molar-refractivity contribution in [2.45, 2.75) is 0 Å². The van der Waals surface area contributed by atoms with Gasteiger partial charge in [-0.15, -0.1) is 0 Å². The first-order valence-corrected chi connectivity index (χ1v) is 8.10. The first kappa shape index (κ1) is 19.2. The number of benzene rings is 2. The molecule has 0 aliphatic carbocycles. The van der Waals surface area contributed by atoms with Crippen LogP contribution in [-0.2, 0) is 0 Å². The summed E-state index contributed by atoms with van der Waals surface area (Å²) in [7, 11) is 0. The third-order valence-corrected chi connectivity index (χ3v) is 3.94. The molecule has 0 saturated carbocycles. The Morgan fingerprint density at radius 1 is 1.07 bits per heavy atom. The number of hydrogen-bond acceptors (Lipinski definition) is 7. The third kappa shape index (κ3) is 4.24. The number of aromatic carboxylic acids is 1. The van der Waals surface area contributed by atoms with Gasteiger partial charge in [0.05, 0.1) is 33.4 Å². The number of rotatable bonds is 7. The van der Waals surface area contributed by atoms with Crippen LogP contribution in [0.4, 0.5) is 17.1 Å². The summed E-state index contributed by atoms with van der Waals surface area (Å²) in [4.78, 5) is 31.4. The second kappa shape index (κ2) is 8.00. The number of carbonyl (C=O) groups is 1. The maximum Gasteiger partial charge on any atom is 0.335 e. The fourth-order valence-electron chi connectivity index (χ4n) is 2.55. The molecule has 0 atom stereocenters. The number of nitrogens with one attached hydrogen (secondary N) is 1. The second-order valence-corrected chi connectivity index (χ2v) is 5.74. The van der Waals surface area contributed by atoms with E-state index in [1.54, 1.807) is 35.0 Å². The van der Waals surface area contributed by atoms with E-state index in [0.29, 0.717) is 11.4 Å². The van der Waals surface area contributed by atoms with Crippen molar-refractivity contribution in [3.63, 3.8) is 0 Å². The monoisotopic (exact) mass is 395 g/mol. The van der Waals surface area contributed by atoms with E-state index in [0.717, 1.165) is 12.1 Å². The zero-order valence-corrected chi connectivity index (χ0v) is 14.6. The molecule has 1 aromatic heterocycles. The molecule has 1 heterocycles. The van der Waals surface area contributed by atoms with E-state index in [4.69, 9.17) is 5.11 Å². The molecule has 0 amide bonds. The number of hydrazone groups is 1. The van der Waals surface area contributed by atoms with Crippen LogP contribution in [0.1, 0.15) is 16.1 Å². The van der Waals surface area contributed by atoms with E-state index in [2.05, 4.69) is 10.5 Å². The quantitative estimate of drug-likeness (QED) is 0.353. The van der Waals surface area contributed by atoms with Gasteiger partial charge in [-0.1, -0.05) is 0 Å². The number of hydrogen-bond donors (Lipinski definition) is 2. The molecule has 2 N–H and O–H groups in total. The van der Waals surface area contributed by atoms with Crippen molar-refractivity contribution >= 4 is 29.2 Å². The van der Waals surface area contributed by atoms with E-state index in [1.165, 1.54) is 24.4 Å². The lowest BCUT2D eigenvalue weighted by Crippen LogP contribution is -2.02. The molecule has 3 rings (SSSR count). The van der Waals surface area contributed by atoms with Crippen LogP contribution >= 0.6 is 0 Å². The maximum absolute atomic E-state index is 11.1. The summed E-state index contributed by atoms with van der Waals surface area (Å²) in [5.74, 6) is -1.03. The number of nitrogens with zero attached hydrogens (tertiary/aromatic N) is 4. The minimum absolute atomic E-state index is 0.000710. The van der Waals surface area contributed by atoms with Gasteiger partial charge in [0.25, 0.3) is 5.69 Å². The topological polar surface area (TPSA) is 153 Å². The Morgan fingerprint density at radius 3 is 2.41 bits per heavy atom. The van der Waals surface area contributed by atoms with Gasteiger partial charge in [0, 0.05) is 18.0 Å². The van der Waals surface area contributed by atoms with Crippen LogP contribution in [0.15, 0.2) is 65.9 Å². The third-order valence-electron chi connectivity index (χ3n) is 3.94. The minimum Gasteiger partial charge on any atom is -0.478 e. The van der Waals surface area contributed by atoms with Crippen molar-refractivity contribution in [1.29, 1.82) is 0 Å². The zero-order chi connectivity index (χ0) is 21.0. The summed E-state index contributed by atoms with van der Waals surface area (Å²) in [6, 6.07) is 12.9. The van der Waals surface area contributed by atoms with Crippen molar-refractivity contribution < 1.29 is 19.7 Å². The summed E-state index contributed by atoms with van der Waals surface area (Å²) in [6.45, 7) is 0. The molecular formula is C18H13N5O6. The van der Waals surface area contributed by atoms with E-state index < -0.39 is 27.2 Å². The van der Waals surface area contributed by atoms with Crippen LogP contribution < -0.4 is 5.43 Å². The lowest BCUT2D eigenvalue weighted by Gasteiger charge is -2.07. The highest BCUT2D eigenvalue weighted by Gasteiger charge is 2.19. The van der Waals surface area contributed by atoms with Crippen molar-refractivity contribution in [3.05, 3.63) is 92.3 Å². The van der Waals surface area contributed by atoms with Crippen molar-refractivity contribution in [2.75, 3.05) is 5.43 Å². The van der Waals surface area contributed by atoms with Crippen LogP contribution in [-0.4, -0.2) is 31.7 Å². The molecule has 0 spiro atoms. The van der Waals surface area contributed by atoms with Crippen LogP contribution in [0, 0.1) is 20.2 Å². The Morgan fingerprint density at radius 2 is 1.79 bits per heavy atom. The molecule has 0 unspecified atom stereocenters. The largest absolute Gasteiger partial charge is 0.478 e. The van der Waals surface area contributed by atoms with E-state index >= 15 is 0 Å². The average Bonchev–Trinajstić information content (AvgIpc) is 3.16. The van der Waals surface area contributed by atoms with Gasteiger partial charge < -0.3 is 9.67 Å². The molecule has 0 saturated heterocycles. The second-order valence-electron chi connectivity index (χ2n) is 5.74. The van der Waals surface area contributed by atoms with Crippen molar-refractivity contribution in [3.8, 4) is 5.69 Å². The van der Waals surface area contributed by atoms with E-state index in [-0.39, 0.29) is 11.3 Å². The predicted octanol–water partition coefficient (Wildman–Crippen LogP) is 3.44. The highest BCUT2D eigenvalue weighted by atomic mass is 16.6. The molecule has 0 aliphatic heterocycles. The molecule has 29 heavy (non-hydrogen) atoms. The molecule has 146 valence electrons. The minimum atomic E-state index is -1.03. The zero-order valence-electron chi connectivity index (χ0n) is 14.6. The van der Waals surface area contributed by atoms with Crippen molar-refractivity contribution in [1.82, 2.24) is 4.57 Å². The molecule has 0 aliphatic rings. The maximum atomic E-state index is 11.1. The Hall–Kier alpha value is -4.54. The first-order valence-electron chi connectivity index (χ1n) is 8.10. The molecule has 11 heteroatoms. The number of nitro benzene ring substituents is 2. The smallest absolute Gasteiger partial charge is 0.335 e. The number of nitro groups is 2. The Kier molecular flexibility index (Phi) is 5.30. The van der Waals surface area contributed by atoms with E-state index in [9.17, 15) is 25.0 Å². The van der Waals surface area contributed by atoms with Crippen LogP contribution in [0.25, 0.3) is 5.69 Å². The fraction of sp³-hybridized carbons (Fsp3) is 0. The number of carboxylic acid groups (broad SMARTS) is 1. The number of carboxylic acids is 1. The number of non-ortho nitro benzene ring substituents is 1. The molecule has 11 nitrogen and oxygen atoms in total. The summed E-state index contributed by atoms with van der Waals surface area (Å²) >= 11 is 0. The number of anilines is 1. The summed E-state index contributed by atoms with van der Waals surface area (Å²) < 4.78 is 1.74. The predicted molar refractivity (Wildman–Crippen MR) is 104 cm³/mol. The van der Waals surface area contributed by atoms with Crippen molar-refractivity contribution in [2.24, 2.45) is 5.10 Å². The van der Waals surface area contributed by atoms with Gasteiger partial charge in [-0.25, -0.2) is 4.79 Å². The first-order chi connectivity index (χ1) is 13.9. The molecule has 0 radical (unpaired) electrons. The summed E-state index contributed by atoms with van der Waals surface area (Å²) in [5.41, 5.74) is 3.11. The lowest BCUT2D eigenvalue weighted by atomic mass is 10.2. The van der Waals surface area contributed by atoms with E-state index in [1.807, 2.05) is 0 Å². The van der Waals surface area contributed by atoms with Gasteiger partial charge in [0.1, 0.15) is 5.69 Å². The normalized spacial score (nSPS) is 10.8. The van der Waals surface area contributed by atoms with Crippen LogP contribution in [0.3, 0.4) is 0 Å². The Bertz CT molecular complexity index is 1120. The summed E-state index contributed by atoms with van der Waals surface area (Å²) in [6.07, 6.45) is 3.15. The van der Waals surface area contributed by atoms with Crippen LogP contribution in [0.2, 0.25) is 0 Å². The number of aromatic nitrogens is 1. The molecular weight excluding hydrogens is 382 g/mol. The highest BCUT2D eigenvalue weighted by molar-refractivity contribution is 5.88. The van der Waals surface area contributed by atoms with Gasteiger partial charge in [-0.3, -0.25) is 25.7 Å². The van der Waals surface area contributed by atoms with Gasteiger partial charge in [-0.2, -0.15) is 5.10 Å². The average molecular weight is 395 g/mol. The Balaban J connectivity index is 1.82. The fourth-order valence-corrected chi connectivity index (χ4v) is 2.55. The standard InChI is InChI=1S/C18H13N5O6/c24-18(25)12-3-5-13(6-4-12)21-9-1-2-15(21)11-19-20-16-8-7-14(22(26)27)10-17(16)23(28)29/h1-11,20H,(H,24,25)/b19-11-. The summed E-state index contributed by atoms with van der Waals surface area (Å²) in [5, 5.41) is 34.9. The SMILES string of the molecule is O=C(O)c1ccc(-n2cccc2/C=N\Nc2ccc([N+](=O)[O-])cc2[N+](=O)[O-])cc1. The van der Waals surface area contributed by atoms with Crippen LogP contribution in [0.5, 0.6) is 0 Å². The van der Waals surface area contributed by atoms with Gasteiger partial charge in [0.15, 0.2) is 0 Å². The van der Waals surface area contributed by atoms with Gasteiger partial charge in [0.2, 0.25) is 0 Å². The molecule has 3 aromatic rings. The Labute approximate surface area is 162 Å². The molecule has 2 aromatic carbocycles. The molecule has 0 fully saturated rings. The molecule has 0 bridgehead atoms. The van der Waals surface area contributed by atoms with Gasteiger partial charge in [-0.05, 0) is 42.5 Å². The lowest BCUT2D eigenvalue weighted by molar-refractivity contribution is -0.393. The highest BCUT2D eigenvalue weighted by Crippen LogP contribution is 2.28. The van der Waals surface area contributed by atoms with Gasteiger partial charge >= 0.3 is 11.7 Å².